The lowest BCUT2D eigenvalue weighted by Crippen LogP contribution is -2.19. The van der Waals surface area contributed by atoms with E-state index in [1.165, 1.54) is 7.11 Å². The average Bonchev–Trinajstić information content (AvgIpc) is 3.25. The number of aliphatic hydroxyl groups excluding tert-OH is 1. The Morgan fingerprint density at radius 2 is 1.97 bits per heavy atom. The summed E-state index contributed by atoms with van der Waals surface area (Å²) in [6.45, 7) is 2.91. The van der Waals surface area contributed by atoms with Gasteiger partial charge in [-0.2, -0.15) is 0 Å². The molecule has 3 aromatic rings. The van der Waals surface area contributed by atoms with Crippen LogP contribution in [0.5, 0.6) is 5.75 Å². The van der Waals surface area contributed by atoms with Crippen molar-refractivity contribution in [3.63, 3.8) is 0 Å². The highest BCUT2D eigenvalue weighted by molar-refractivity contribution is 5.37. The summed E-state index contributed by atoms with van der Waals surface area (Å²) in [5, 5.41) is 17.1. The number of methoxy groups -OCH3 is 2. The smallest absolute Gasteiger partial charge is 0.297 e. The van der Waals surface area contributed by atoms with Crippen molar-refractivity contribution in [2.75, 3.05) is 20.8 Å². The Bertz CT molecular complexity index is 1070. The Morgan fingerprint density at radius 3 is 2.66 bits per heavy atom. The van der Waals surface area contributed by atoms with Crippen molar-refractivity contribution < 1.29 is 14.6 Å². The third kappa shape index (κ3) is 5.72. The lowest BCUT2D eigenvalue weighted by Gasteiger charge is -2.21. The summed E-state index contributed by atoms with van der Waals surface area (Å²) in [6, 6.07) is 11.2. The van der Waals surface area contributed by atoms with E-state index in [-0.39, 0.29) is 24.2 Å². The van der Waals surface area contributed by atoms with E-state index in [9.17, 15) is 4.79 Å². The molecule has 0 aliphatic carbocycles. The third-order valence-electron chi connectivity index (χ3n) is 5.28. The monoisotopic (exact) mass is 438 g/mol. The van der Waals surface area contributed by atoms with Gasteiger partial charge in [0.15, 0.2) is 5.75 Å². The van der Waals surface area contributed by atoms with Gasteiger partial charge in [-0.05, 0) is 36.2 Å². The summed E-state index contributed by atoms with van der Waals surface area (Å²) < 4.78 is 14.2. The minimum absolute atomic E-state index is 0.0752. The summed E-state index contributed by atoms with van der Waals surface area (Å²) in [4.78, 5) is 12.4. The lowest BCUT2D eigenvalue weighted by molar-refractivity contribution is 0.0740. The van der Waals surface area contributed by atoms with Crippen LogP contribution in [-0.4, -0.2) is 45.5 Å². The van der Waals surface area contributed by atoms with Gasteiger partial charge in [0, 0.05) is 50.7 Å². The molecule has 2 heterocycles. The molecule has 0 fully saturated rings. The number of hydrogen-bond acceptors (Lipinski definition) is 6. The largest absolute Gasteiger partial charge is 0.491 e. The molecule has 0 aliphatic rings. The zero-order valence-electron chi connectivity index (χ0n) is 18.7. The van der Waals surface area contributed by atoms with Gasteiger partial charge in [-0.1, -0.05) is 36.4 Å². The highest BCUT2D eigenvalue weighted by Gasteiger charge is 2.17. The number of hydrogen-bond donors (Lipinski definition) is 1. The van der Waals surface area contributed by atoms with Crippen LogP contribution in [0.4, 0.5) is 0 Å². The topological polar surface area (TPSA) is 91.4 Å². The van der Waals surface area contributed by atoms with E-state index in [0.29, 0.717) is 12.2 Å². The summed E-state index contributed by atoms with van der Waals surface area (Å²) in [5.41, 5.74) is 2.40. The highest BCUT2D eigenvalue weighted by atomic mass is 16.5. The number of aryl methyl sites for hydroxylation is 1. The molecule has 170 valence electrons. The summed E-state index contributed by atoms with van der Waals surface area (Å²) in [7, 11) is 3.19. The fourth-order valence-corrected chi connectivity index (χ4v) is 3.61. The Kier molecular flexibility index (Phi) is 8.35. The number of rotatable bonds is 11. The molecule has 1 aromatic carbocycles. The van der Waals surface area contributed by atoms with Gasteiger partial charge in [-0.3, -0.25) is 14.0 Å². The van der Waals surface area contributed by atoms with Gasteiger partial charge in [0.1, 0.15) is 0 Å². The van der Waals surface area contributed by atoms with Crippen LogP contribution in [-0.2, 0) is 17.7 Å². The Morgan fingerprint density at radius 1 is 1.19 bits per heavy atom. The number of aliphatic hydroxyl groups is 1. The second kappa shape index (κ2) is 11.4. The van der Waals surface area contributed by atoms with Crippen LogP contribution in [0, 0.1) is 5.92 Å². The quantitative estimate of drug-likeness (QED) is 0.463. The molecule has 3 rings (SSSR count). The summed E-state index contributed by atoms with van der Waals surface area (Å²) in [6.07, 6.45) is 9.08. The fourth-order valence-electron chi connectivity index (χ4n) is 3.61. The number of aromatic nitrogens is 4. The summed E-state index contributed by atoms with van der Waals surface area (Å²) >= 11 is 0. The van der Waals surface area contributed by atoms with Gasteiger partial charge in [0.25, 0.3) is 5.56 Å². The molecule has 1 N–H and O–H groups in total. The average molecular weight is 439 g/mol. The number of nitrogens with zero attached hydrogens (tertiary/aromatic N) is 4. The number of benzene rings is 1. The second-order valence-corrected chi connectivity index (χ2v) is 7.52. The Hall–Kier alpha value is -3.23. The minimum atomic E-state index is -0.196. The molecule has 0 unspecified atom stereocenters. The van der Waals surface area contributed by atoms with E-state index in [0.717, 1.165) is 29.9 Å². The number of pyridine rings is 1. The molecular formula is C24H30N4O4. The molecular weight excluding hydrogens is 408 g/mol. The lowest BCUT2D eigenvalue weighted by atomic mass is 9.96. The molecule has 32 heavy (non-hydrogen) atoms. The molecule has 0 spiro atoms. The molecule has 8 nitrogen and oxygen atoms in total. The van der Waals surface area contributed by atoms with Gasteiger partial charge in [-0.15, -0.1) is 5.10 Å². The van der Waals surface area contributed by atoms with Crippen LogP contribution in [0.15, 0.2) is 65.7 Å². The van der Waals surface area contributed by atoms with Crippen LogP contribution < -0.4 is 10.3 Å². The van der Waals surface area contributed by atoms with Crippen molar-refractivity contribution in [1.29, 1.82) is 0 Å². The molecule has 8 heteroatoms. The van der Waals surface area contributed by atoms with Crippen molar-refractivity contribution in [3.8, 4) is 11.4 Å². The van der Waals surface area contributed by atoms with E-state index in [4.69, 9.17) is 14.6 Å². The first-order valence-corrected chi connectivity index (χ1v) is 10.6. The Labute approximate surface area is 187 Å². The molecule has 0 bridgehead atoms. The normalized spacial score (nSPS) is 13.4. The number of allylic oxidation sites excluding steroid dienone is 1. The van der Waals surface area contributed by atoms with Crippen LogP contribution in [0.25, 0.3) is 5.69 Å². The zero-order chi connectivity index (χ0) is 22.9. The van der Waals surface area contributed by atoms with Crippen LogP contribution >= 0.6 is 0 Å². The Balaban J connectivity index is 1.63. The van der Waals surface area contributed by atoms with Crippen molar-refractivity contribution in [3.05, 3.63) is 82.6 Å². The molecule has 0 radical (unpaired) electrons. The van der Waals surface area contributed by atoms with E-state index in [1.807, 2.05) is 30.5 Å². The fraction of sp³-hybridized carbons (Fsp3) is 0.375. The molecule has 0 saturated heterocycles. The minimum Gasteiger partial charge on any atom is -0.491 e. The highest BCUT2D eigenvalue weighted by Crippen LogP contribution is 2.27. The van der Waals surface area contributed by atoms with Crippen LogP contribution in [0.2, 0.25) is 0 Å². The van der Waals surface area contributed by atoms with E-state index in [1.54, 1.807) is 34.7 Å². The maximum absolute atomic E-state index is 12.4. The summed E-state index contributed by atoms with van der Waals surface area (Å²) in [5.74, 6) is 0.465. The van der Waals surface area contributed by atoms with Crippen LogP contribution in [0.3, 0.4) is 0 Å². The molecule has 0 saturated carbocycles. The maximum Gasteiger partial charge on any atom is 0.297 e. The third-order valence-corrected chi connectivity index (χ3v) is 5.28. The zero-order valence-corrected chi connectivity index (χ0v) is 18.7. The van der Waals surface area contributed by atoms with E-state index in [2.05, 4.69) is 29.4 Å². The van der Waals surface area contributed by atoms with Gasteiger partial charge in [-0.25, -0.2) is 0 Å². The predicted octanol–water partition coefficient (Wildman–Crippen LogP) is 2.94. The van der Waals surface area contributed by atoms with Crippen LogP contribution in [0.1, 0.15) is 30.7 Å². The van der Waals surface area contributed by atoms with Crippen molar-refractivity contribution in [2.45, 2.75) is 32.4 Å². The molecule has 0 amide bonds. The van der Waals surface area contributed by atoms with Crippen molar-refractivity contribution >= 4 is 0 Å². The first-order valence-electron chi connectivity index (χ1n) is 10.6. The predicted molar refractivity (Wildman–Crippen MR) is 122 cm³/mol. The first kappa shape index (κ1) is 23.4. The van der Waals surface area contributed by atoms with Crippen molar-refractivity contribution in [1.82, 2.24) is 19.6 Å². The number of ether oxygens (including phenoxy) is 2. The maximum atomic E-state index is 12.4. The van der Waals surface area contributed by atoms with Gasteiger partial charge >= 0.3 is 0 Å². The van der Waals surface area contributed by atoms with E-state index >= 15 is 0 Å². The van der Waals surface area contributed by atoms with Crippen molar-refractivity contribution in [2.24, 2.45) is 5.92 Å². The van der Waals surface area contributed by atoms with Gasteiger partial charge < -0.3 is 14.6 Å². The van der Waals surface area contributed by atoms with Gasteiger partial charge in [0.2, 0.25) is 0 Å². The molecule has 0 aliphatic heterocycles. The second-order valence-electron chi connectivity index (χ2n) is 7.52. The standard InChI is InChI=1S/C24H30N4O4/c1-18(7-4-5-14-27-17-20(13-16-29)25-26-27)23(32-3)19-9-11-21(12-10-19)28-15-6-8-22(31-2)24(28)30/h4,6-12,15,17-18,23,29H,5,13-14,16H2,1-3H3/b7-4+/t18-,23+/m1/s1. The van der Waals surface area contributed by atoms with Gasteiger partial charge in [0.05, 0.1) is 18.9 Å². The SMILES string of the molecule is COc1cccn(-c2ccc([C@@H](OC)[C@H](C)/C=C/CCn3cc(CCO)nn3)cc2)c1=O. The molecule has 2 aromatic heterocycles. The van der Waals surface area contributed by atoms with E-state index < -0.39 is 0 Å². The molecule has 2 atom stereocenters. The first-order chi connectivity index (χ1) is 15.6.